The summed E-state index contributed by atoms with van der Waals surface area (Å²) in [5, 5.41) is 4.24. The summed E-state index contributed by atoms with van der Waals surface area (Å²) < 4.78 is 0.685. The molecule has 2 aromatic rings. The quantitative estimate of drug-likeness (QED) is 0.855. The first-order valence-electron chi connectivity index (χ1n) is 4.98. The number of nitrogens with one attached hydrogen (secondary N) is 1. The van der Waals surface area contributed by atoms with E-state index in [1.807, 2.05) is 6.92 Å². The van der Waals surface area contributed by atoms with Gasteiger partial charge in [0.25, 0.3) is 0 Å². The van der Waals surface area contributed by atoms with Gasteiger partial charge in [-0.05, 0) is 40.5 Å². The number of benzene rings is 1. The zero-order valence-electron chi connectivity index (χ0n) is 9.34. The van der Waals surface area contributed by atoms with Gasteiger partial charge in [-0.15, -0.1) is 0 Å². The van der Waals surface area contributed by atoms with Gasteiger partial charge >= 0.3 is 0 Å². The standard InChI is InChI=1S/C11H9BrCl2N4/c1-5-2-8(14)9(3-7(5)13)17-10-6(12)4-16-11(15)18-10/h2-4H,1H3,(H3,15,16,17,18). The van der Waals surface area contributed by atoms with Crippen molar-refractivity contribution in [3.05, 3.63) is 38.4 Å². The van der Waals surface area contributed by atoms with Crippen LogP contribution in [-0.2, 0) is 0 Å². The van der Waals surface area contributed by atoms with Crippen molar-refractivity contribution in [3.63, 3.8) is 0 Å². The molecule has 0 amide bonds. The summed E-state index contributed by atoms with van der Waals surface area (Å²) in [7, 11) is 0. The van der Waals surface area contributed by atoms with Crippen molar-refractivity contribution in [1.29, 1.82) is 0 Å². The van der Waals surface area contributed by atoms with Gasteiger partial charge in [0.1, 0.15) is 5.82 Å². The summed E-state index contributed by atoms with van der Waals surface area (Å²) in [6, 6.07) is 3.52. The van der Waals surface area contributed by atoms with E-state index in [1.54, 1.807) is 18.3 Å². The molecule has 0 bridgehead atoms. The molecule has 1 aromatic carbocycles. The summed E-state index contributed by atoms with van der Waals surface area (Å²) >= 11 is 15.5. The SMILES string of the molecule is Cc1cc(Cl)c(Nc2nc(N)ncc2Br)cc1Cl. The van der Waals surface area contributed by atoms with Crippen LogP contribution in [0.5, 0.6) is 0 Å². The number of aromatic nitrogens is 2. The molecule has 0 aliphatic rings. The predicted molar refractivity (Wildman–Crippen MR) is 78.6 cm³/mol. The fraction of sp³-hybridized carbons (Fsp3) is 0.0909. The smallest absolute Gasteiger partial charge is 0.222 e. The molecule has 0 fully saturated rings. The van der Waals surface area contributed by atoms with Gasteiger partial charge < -0.3 is 11.1 Å². The van der Waals surface area contributed by atoms with E-state index < -0.39 is 0 Å². The number of hydrogen-bond acceptors (Lipinski definition) is 4. The Morgan fingerprint density at radius 3 is 2.72 bits per heavy atom. The number of rotatable bonds is 2. The molecule has 0 aliphatic heterocycles. The second-order valence-corrected chi connectivity index (χ2v) is 5.30. The van der Waals surface area contributed by atoms with Gasteiger partial charge in [0.2, 0.25) is 5.95 Å². The number of halogens is 3. The van der Waals surface area contributed by atoms with Crippen LogP contribution in [0, 0.1) is 6.92 Å². The highest BCUT2D eigenvalue weighted by Gasteiger charge is 2.08. The lowest BCUT2D eigenvalue weighted by atomic mass is 10.2. The first kappa shape index (κ1) is 13.4. The first-order chi connectivity index (χ1) is 8.47. The zero-order valence-corrected chi connectivity index (χ0v) is 12.4. The van der Waals surface area contributed by atoms with E-state index in [-0.39, 0.29) is 5.95 Å². The fourth-order valence-electron chi connectivity index (χ4n) is 1.34. The maximum atomic E-state index is 6.13. The number of hydrogen-bond donors (Lipinski definition) is 2. The van der Waals surface area contributed by atoms with Crippen LogP contribution in [0.4, 0.5) is 17.5 Å². The van der Waals surface area contributed by atoms with Crippen LogP contribution >= 0.6 is 39.1 Å². The van der Waals surface area contributed by atoms with Crippen molar-refractivity contribution in [2.75, 3.05) is 11.1 Å². The average Bonchev–Trinajstić information content (AvgIpc) is 2.30. The van der Waals surface area contributed by atoms with E-state index in [4.69, 9.17) is 28.9 Å². The summed E-state index contributed by atoms with van der Waals surface area (Å²) in [5.41, 5.74) is 7.10. The van der Waals surface area contributed by atoms with Crippen LogP contribution in [0.25, 0.3) is 0 Å². The van der Waals surface area contributed by atoms with Gasteiger partial charge in [-0.1, -0.05) is 23.2 Å². The number of anilines is 3. The molecule has 18 heavy (non-hydrogen) atoms. The molecule has 0 radical (unpaired) electrons. The molecule has 7 heteroatoms. The lowest BCUT2D eigenvalue weighted by Crippen LogP contribution is -2.01. The third-order valence-corrected chi connectivity index (χ3v) is 3.56. The maximum Gasteiger partial charge on any atom is 0.222 e. The van der Waals surface area contributed by atoms with Crippen LogP contribution in [0.15, 0.2) is 22.8 Å². The normalized spacial score (nSPS) is 10.4. The fourth-order valence-corrected chi connectivity index (χ4v) is 2.06. The molecule has 3 N–H and O–H groups in total. The third-order valence-electron chi connectivity index (χ3n) is 2.26. The van der Waals surface area contributed by atoms with Crippen LogP contribution in [0.2, 0.25) is 10.0 Å². The van der Waals surface area contributed by atoms with E-state index in [0.29, 0.717) is 26.0 Å². The molecule has 1 aromatic heterocycles. The molecule has 0 spiro atoms. The Morgan fingerprint density at radius 2 is 2.00 bits per heavy atom. The summed E-state index contributed by atoms with van der Waals surface area (Å²) in [4.78, 5) is 7.92. The van der Waals surface area contributed by atoms with E-state index in [9.17, 15) is 0 Å². The molecule has 4 nitrogen and oxygen atoms in total. The van der Waals surface area contributed by atoms with Crippen molar-refractivity contribution in [2.24, 2.45) is 0 Å². The maximum absolute atomic E-state index is 6.13. The summed E-state index contributed by atoms with van der Waals surface area (Å²) in [6.45, 7) is 1.89. The number of nitrogens with two attached hydrogens (primary N) is 1. The Bertz CT molecular complexity index is 604. The summed E-state index contributed by atoms with van der Waals surface area (Å²) in [6.07, 6.45) is 1.56. The highest BCUT2D eigenvalue weighted by atomic mass is 79.9. The second kappa shape index (κ2) is 5.30. The van der Waals surface area contributed by atoms with Crippen LogP contribution < -0.4 is 11.1 Å². The monoisotopic (exact) mass is 346 g/mol. The molecule has 1 heterocycles. The lowest BCUT2D eigenvalue weighted by molar-refractivity contribution is 1.17. The Hall–Kier alpha value is -1.04. The van der Waals surface area contributed by atoms with Gasteiger partial charge in [0.15, 0.2) is 0 Å². The number of aryl methyl sites for hydroxylation is 1. The molecule has 0 saturated carbocycles. The Kier molecular flexibility index (Phi) is 3.94. The van der Waals surface area contributed by atoms with Gasteiger partial charge in [-0.2, -0.15) is 4.98 Å². The van der Waals surface area contributed by atoms with Crippen LogP contribution in [-0.4, -0.2) is 9.97 Å². The highest BCUT2D eigenvalue weighted by Crippen LogP contribution is 2.32. The van der Waals surface area contributed by atoms with E-state index in [2.05, 4.69) is 31.2 Å². The Balaban J connectivity index is 2.40. The minimum absolute atomic E-state index is 0.176. The van der Waals surface area contributed by atoms with Crippen molar-refractivity contribution in [2.45, 2.75) is 6.92 Å². The molecule has 0 aliphatic carbocycles. The highest BCUT2D eigenvalue weighted by molar-refractivity contribution is 9.10. The Labute approximate surface area is 123 Å². The minimum Gasteiger partial charge on any atom is -0.368 e. The van der Waals surface area contributed by atoms with Gasteiger partial charge in [-0.25, -0.2) is 4.98 Å². The third kappa shape index (κ3) is 2.85. The van der Waals surface area contributed by atoms with Crippen molar-refractivity contribution in [3.8, 4) is 0 Å². The van der Waals surface area contributed by atoms with Crippen molar-refractivity contribution in [1.82, 2.24) is 9.97 Å². The minimum atomic E-state index is 0.176. The van der Waals surface area contributed by atoms with Gasteiger partial charge in [0.05, 0.1) is 15.2 Å². The number of nitrogen functional groups attached to an aromatic ring is 1. The number of nitrogens with zero attached hydrogens (tertiary/aromatic N) is 2. The Morgan fingerprint density at radius 1 is 1.28 bits per heavy atom. The van der Waals surface area contributed by atoms with E-state index >= 15 is 0 Å². The molecule has 0 atom stereocenters. The van der Waals surface area contributed by atoms with Gasteiger partial charge in [-0.3, -0.25) is 0 Å². The molecule has 0 unspecified atom stereocenters. The van der Waals surface area contributed by atoms with E-state index in [1.165, 1.54) is 0 Å². The van der Waals surface area contributed by atoms with Crippen molar-refractivity contribution >= 4 is 56.6 Å². The average molecular weight is 348 g/mol. The molecule has 2 rings (SSSR count). The molecular formula is C11H9BrCl2N4. The second-order valence-electron chi connectivity index (χ2n) is 3.63. The zero-order chi connectivity index (χ0) is 13.3. The molecule has 0 saturated heterocycles. The largest absolute Gasteiger partial charge is 0.368 e. The topological polar surface area (TPSA) is 63.8 Å². The van der Waals surface area contributed by atoms with Crippen molar-refractivity contribution < 1.29 is 0 Å². The molecular weight excluding hydrogens is 339 g/mol. The van der Waals surface area contributed by atoms with Gasteiger partial charge in [0, 0.05) is 11.2 Å². The van der Waals surface area contributed by atoms with Crippen LogP contribution in [0.3, 0.4) is 0 Å². The van der Waals surface area contributed by atoms with E-state index in [0.717, 1.165) is 5.56 Å². The summed E-state index contributed by atoms with van der Waals surface area (Å²) in [5.74, 6) is 0.708. The predicted octanol–water partition coefficient (Wildman–Crippen LogP) is 4.18. The van der Waals surface area contributed by atoms with Crippen LogP contribution in [0.1, 0.15) is 5.56 Å². The lowest BCUT2D eigenvalue weighted by Gasteiger charge is -2.11. The molecule has 94 valence electrons. The first-order valence-corrected chi connectivity index (χ1v) is 6.53.